The van der Waals surface area contributed by atoms with Crippen LogP contribution in [-0.4, -0.2) is 60.5 Å². The van der Waals surface area contributed by atoms with Gasteiger partial charge in [-0.3, -0.25) is 4.90 Å². The quantitative estimate of drug-likeness (QED) is 0.850. The van der Waals surface area contributed by atoms with Gasteiger partial charge in [0.2, 0.25) is 5.92 Å². The first-order valence-electron chi connectivity index (χ1n) is 8.57. The third-order valence-corrected chi connectivity index (χ3v) is 5.81. The normalized spacial score (nSPS) is 32.8. The molecule has 0 aromatic rings. The van der Waals surface area contributed by atoms with Crippen molar-refractivity contribution in [2.45, 2.75) is 63.0 Å². The van der Waals surface area contributed by atoms with Gasteiger partial charge in [-0.25, -0.2) is 13.6 Å². The molecule has 1 N–H and O–H groups in total. The van der Waals surface area contributed by atoms with Gasteiger partial charge in [0, 0.05) is 44.6 Å². The van der Waals surface area contributed by atoms with Gasteiger partial charge >= 0.3 is 6.03 Å². The van der Waals surface area contributed by atoms with Crippen molar-refractivity contribution in [2.75, 3.05) is 26.7 Å². The van der Waals surface area contributed by atoms with Gasteiger partial charge < -0.3 is 10.2 Å². The maximum atomic E-state index is 13.1. The lowest BCUT2D eigenvalue weighted by molar-refractivity contribution is -0.0452. The molecule has 3 rings (SSSR count). The number of hydrogen-bond acceptors (Lipinski definition) is 2. The summed E-state index contributed by atoms with van der Waals surface area (Å²) in [7, 11) is 2.16. The number of urea groups is 1. The molecule has 3 aliphatic rings. The summed E-state index contributed by atoms with van der Waals surface area (Å²) in [4.78, 5) is 16.7. The van der Waals surface area contributed by atoms with E-state index in [0.29, 0.717) is 31.5 Å². The fraction of sp³-hybridized carbons (Fsp3) is 0.938. The van der Waals surface area contributed by atoms with Crippen LogP contribution in [0.2, 0.25) is 0 Å². The molecule has 1 saturated carbocycles. The van der Waals surface area contributed by atoms with Crippen molar-refractivity contribution >= 4 is 6.03 Å². The molecule has 0 radical (unpaired) electrons. The van der Waals surface area contributed by atoms with Crippen LogP contribution in [0.3, 0.4) is 0 Å². The third kappa shape index (κ3) is 3.53. The molecule has 1 aliphatic carbocycles. The molecule has 2 aliphatic heterocycles. The summed E-state index contributed by atoms with van der Waals surface area (Å²) >= 11 is 0. The summed E-state index contributed by atoms with van der Waals surface area (Å²) in [6.07, 6.45) is 4.41. The Morgan fingerprint density at radius 1 is 1.14 bits per heavy atom. The van der Waals surface area contributed by atoms with Crippen LogP contribution in [0.1, 0.15) is 44.9 Å². The second kappa shape index (κ2) is 6.30. The number of nitrogens with zero attached hydrogens (tertiary/aromatic N) is 2. The molecule has 0 unspecified atom stereocenters. The summed E-state index contributed by atoms with van der Waals surface area (Å²) in [6, 6.07) is 1.08. The molecule has 126 valence electrons. The van der Waals surface area contributed by atoms with Crippen molar-refractivity contribution in [2.24, 2.45) is 5.92 Å². The summed E-state index contributed by atoms with van der Waals surface area (Å²) in [5.74, 6) is -2.29. The van der Waals surface area contributed by atoms with E-state index in [1.165, 1.54) is 12.8 Å². The molecule has 2 amide bonds. The Hall–Kier alpha value is -0.910. The second-order valence-corrected chi connectivity index (χ2v) is 7.27. The number of alkyl halides is 2. The van der Waals surface area contributed by atoms with Gasteiger partial charge in [-0.2, -0.15) is 0 Å². The number of hydrogen-bond donors (Lipinski definition) is 1. The number of rotatable bonds is 2. The minimum absolute atomic E-state index is 0.0155. The molecule has 2 saturated heterocycles. The van der Waals surface area contributed by atoms with E-state index in [-0.39, 0.29) is 24.8 Å². The molecule has 2 heterocycles. The van der Waals surface area contributed by atoms with E-state index >= 15 is 0 Å². The van der Waals surface area contributed by atoms with Crippen LogP contribution in [0.15, 0.2) is 0 Å². The Balaban J connectivity index is 1.44. The molecule has 3 fully saturated rings. The van der Waals surface area contributed by atoms with E-state index < -0.39 is 5.92 Å². The molecule has 2 bridgehead atoms. The fourth-order valence-electron chi connectivity index (χ4n) is 4.14. The summed E-state index contributed by atoms with van der Waals surface area (Å²) in [5.41, 5.74) is 0. The number of fused-ring (bicyclic) bond motifs is 2. The van der Waals surface area contributed by atoms with Crippen molar-refractivity contribution in [3.8, 4) is 0 Å². The molecular weight excluding hydrogens is 288 g/mol. The zero-order chi connectivity index (χ0) is 15.7. The van der Waals surface area contributed by atoms with Gasteiger partial charge in [-0.05, 0) is 45.1 Å². The fourth-order valence-corrected chi connectivity index (χ4v) is 4.14. The summed E-state index contributed by atoms with van der Waals surface area (Å²) in [5, 5.41) is 2.98. The Bertz CT molecular complexity index is 408. The molecule has 2 atom stereocenters. The number of likely N-dealkylation sites (N-methyl/N-ethyl adjacent to an activating group) is 1. The van der Waals surface area contributed by atoms with E-state index in [1.807, 2.05) is 4.90 Å². The molecule has 0 spiro atoms. The van der Waals surface area contributed by atoms with Crippen molar-refractivity contribution in [1.29, 1.82) is 0 Å². The van der Waals surface area contributed by atoms with Gasteiger partial charge in [0.1, 0.15) is 0 Å². The van der Waals surface area contributed by atoms with Crippen LogP contribution in [0, 0.1) is 5.92 Å². The molecular formula is C16H27F2N3O. The largest absolute Gasteiger partial charge is 0.338 e. The first kappa shape index (κ1) is 16.0. The Morgan fingerprint density at radius 3 is 2.55 bits per heavy atom. The molecule has 22 heavy (non-hydrogen) atoms. The van der Waals surface area contributed by atoms with Crippen molar-refractivity contribution < 1.29 is 13.6 Å². The van der Waals surface area contributed by atoms with Gasteiger partial charge in [0.15, 0.2) is 0 Å². The van der Waals surface area contributed by atoms with Crippen molar-refractivity contribution in [3.63, 3.8) is 0 Å². The van der Waals surface area contributed by atoms with Crippen LogP contribution in [0.4, 0.5) is 13.6 Å². The lowest BCUT2D eigenvalue weighted by Crippen LogP contribution is -2.46. The van der Waals surface area contributed by atoms with Crippen LogP contribution in [-0.2, 0) is 0 Å². The van der Waals surface area contributed by atoms with Crippen LogP contribution >= 0.6 is 0 Å². The van der Waals surface area contributed by atoms with Crippen molar-refractivity contribution in [3.05, 3.63) is 0 Å². The highest BCUT2D eigenvalue weighted by Crippen LogP contribution is 2.35. The zero-order valence-corrected chi connectivity index (χ0v) is 13.4. The monoisotopic (exact) mass is 315 g/mol. The Labute approximate surface area is 131 Å². The number of likely N-dealkylation sites (tertiary alicyclic amines) is 1. The van der Waals surface area contributed by atoms with E-state index in [1.54, 1.807) is 0 Å². The minimum Gasteiger partial charge on any atom is -0.338 e. The van der Waals surface area contributed by atoms with Crippen LogP contribution < -0.4 is 5.32 Å². The van der Waals surface area contributed by atoms with Gasteiger partial charge in [-0.15, -0.1) is 0 Å². The number of nitrogens with one attached hydrogen (secondary N) is 1. The lowest BCUT2D eigenvalue weighted by atomic mass is 9.87. The van der Waals surface area contributed by atoms with E-state index in [2.05, 4.69) is 17.3 Å². The van der Waals surface area contributed by atoms with Crippen molar-refractivity contribution in [1.82, 2.24) is 15.1 Å². The van der Waals surface area contributed by atoms with E-state index in [9.17, 15) is 13.6 Å². The van der Waals surface area contributed by atoms with Gasteiger partial charge in [0.05, 0.1) is 0 Å². The molecule has 0 aromatic heterocycles. The van der Waals surface area contributed by atoms with E-state index in [0.717, 1.165) is 19.5 Å². The second-order valence-electron chi connectivity index (χ2n) is 7.27. The minimum atomic E-state index is -2.49. The molecule has 6 heteroatoms. The zero-order valence-electron chi connectivity index (χ0n) is 13.4. The standard InChI is InChI=1S/C16H27F2N3O/c1-20-13-2-3-14(20)11-21(9-6-13)15(22)19-10-12-4-7-16(17,18)8-5-12/h12-14H,2-11H2,1H3,(H,19,22)/t13-,14-/m0/s1. The topological polar surface area (TPSA) is 35.6 Å². The average Bonchev–Trinajstić information content (AvgIpc) is 2.70. The number of carbonyl (C=O) groups excluding carboxylic acids is 1. The van der Waals surface area contributed by atoms with Crippen LogP contribution in [0.5, 0.6) is 0 Å². The predicted molar refractivity (Wildman–Crippen MR) is 81.1 cm³/mol. The van der Waals surface area contributed by atoms with E-state index in [4.69, 9.17) is 0 Å². The number of amides is 2. The number of halogens is 2. The van der Waals surface area contributed by atoms with Crippen LogP contribution in [0.25, 0.3) is 0 Å². The van der Waals surface area contributed by atoms with Gasteiger partial charge in [-0.1, -0.05) is 0 Å². The molecule has 0 aromatic carbocycles. The SMILES string of the molecule is CN1[C@H]2CC[C@H]1CN(C(=O)NCC1CCC(F)(F)CC1)CC2. The smallest absolute Gasteiger partial charge is 0.317 e. The predicted octanol–water partition coefficient (Wildman–Crippen LogP) is 2.69. The first-order chi connectivity index (χ1) is 10.4. The Morgan fingerprint density at radius 2 is 1.82 bits per heavy atom. The maximum Gasteiger partial charge on any atom is 0.317 e. The first-order valence-corrected chi connectivity index (χ1v) is 8.57. The third-order valence-electron chi connectivity index (χ3n) is 5.81. The highest BCUT2D eigenvalue weighted by molar-refractivity contribution is 5.74. The van der Waals surface area contributed by atoms with Gasteiger partial charge in [0.25, 0.3) is 0 Å². The maximum absolute atomic E-state index is 13.1. The lowest BCUT2D eigenvalue weighted by Gasteiger charge is -2.30. The summed E-state index contributed by atoms with van der Waals surface area (Å²) < 4.78 is 26.3. The average molecular weight is 315 g/mol. The Kier molecular flexibility index (Phi) is 4.57. The highest BCUT2D eigenvalue weighted by atomic mass is 19.3. The highest BCUT2D eigenvalue weighted by Gasteiger charge is 2.37. The molecule has 4 nitrogen and oxygen atoms in total. The summed E-state index contributed by atoms with van der Waals surface area (Å²) in [6.45, 7) is 2.14. The number of carbonyl (C=O) groups is 1.